The van der Waals surface area contributed by atoms with Gasteiger partial charge in [0.1, 0.15) is 5.82 Å². The second-order valence-electron chi connectivity index (χ2n) is 6.25. The molecule has 0 aliphatic carbocycles. The summed E-state index contributed by atoms with van der Waals surface area (Å²) in [5.74, 6) is 0.0602. The molecule has 6 nitrogen and oxygen atoms in total. The van der Waals surface area contributed by atoms with Gasteiger partial charge < -0.3 is 9.88 Å². The summed E-state index contributed by atoms with van der Waals surface area (Å²) in [5.41, 5.74) is 1.95. The number of nitrogens with one attached hydrogen (secondary N) is 1. The number of halogens is 1. The van der Waals surface area contributed by atoms with Gasteiger partial charge in [-0.05, 0) is 62.4 Å². The first kappa shape index (κ1) is 19.8. The van der Waals surface area contributed by atoms with Crippen LogP contribution in [0.1, 0.15) is 24.2 Å². The molecule has 0 aliphatic heterocycles. The van der Waals surface area contributed by atoms with E-state index in [0.717, 1.165) is 5.56 Å². The molecule has 1 atom stereocenters. The zero-order valence-corrected chi connectivity index (χ0v) is 16.5. The molecular weight excluding hydrogens is 379 g/mol. The van der Waals surface area contributed by atoms with Crippen molar-refractivity contribution >= 4 is 29.1 Å². The molecule has 144 valence electrons. The largest absolute Gasteiger partial charge is 0.325 e. The highest BCUT2D eigenvalue weighted by Gasteiger charge is 2.19. The molecule has 28 heavy (non-hydrogen) atoms. The van der Waals surface area contributed by atoms with Crippen LogP contribution in [-0.2, 0) is 11.8 Å². The minimum atomic E-state index is -0.420. The van der Waals surface area contributed by atoms with Gasteiger partial charge in [0, 0.05) is 23.9 Å². The van der Waals surface area contributed by atoms with E-state index in [9.17, 15) is 14.0 Å². The van der Waals surface area contributed by atoms with Crippen LogP contribution in [0, 0.1) is 5.82 Å². The number of amides is 1. The smallest absolute Gasteiger partial charge is 0.237 e. The molecule has 8 heteroatoms. The van der Waals surface area contributed by atoms with Crippen molar-refractivity contribution in [2.45, 2.75) is 24.3 Å². The molecule has 1 aromatic heterocycles. The summed E-state index contributed by atoms with van der Waals surface area (Å²) in [5, 5.41) is 11.3. The van der Waals surface area contributed by atoms with Crippen LogP contribution >= 0.6 is 11.8 Å². The number of Topliss-reactive ketones (excluding diaryl/α,β-unsaturated/α-hetero) is 1. The first-order chi connectivity index (χ1) is 13.3. The van der Waals surface area contributed by atoms with Crippen molar-refractivity contribution in [2.75, 3.05) is 5.32 Å². The van der Waals surface area contributed by atoms with Crippen LogP contribution in [0.2, 0.25) is 0 Å². The fraction of sp³-hybridized carbons (Fsp3) is 0.200. The third-order valence-corrected chi connectivity index (χ3v) is 5.28. The fourth-order valence-corrected chi connectivity index (χ4v) is 3.33. The summed E-state index contributed by atoms with van der Waals surface area (Å²) in [4.78, 5) is 23.8. The summed E-state index contributed by atoms with van der Waals surface area (Å²) < 4.78 is 14.9. The Hall–Kier alpha value is -3.00. The quantitative estimate of drug-likeness (QED) is 0.503. The predicted octanol–water partition coefficient (Wildman–Crippen LogP) is 3.94. The molecule has 0 aliphatic rings. The lowest BCUT2D eigenvalue weighted by molar-refractivity contribution is -0.115. The SMILES string of the molecule is CC(=O)c1ccc(NC(=O)[C@H](C)Sc2nnc(-c3ccc(F)cc3)n2C)cc1. The van der Waals surface area contributed by atoms with Crippen molar-refractivity contribution in [1.82, 2.24) is 14.8 Å². The van der Waals surface area contributed by atoms with E-state index in [1.54, 1.807) is 54.9 Å². The van der Waals surface area contributed by atoms with Gasteiger partial charge in [0.15, 0.2) is 16.8 Å². The molecule has 0 saturated carbocycles. The summed E-state index contributed by atoms with van der Waals surface area (Å²) in [6, 6.07) is 12.7. The number of carbonyl (C=O) groups is 2. The lowest BCUT2D eigenvalue weighted by Crippen LogP contribution is -2.22. The molecule has 1 heterocycles. The fourth-order valence-electron chi connectivity index (χ4n) is 2.51. The lowest BCUT2D eigenvalue weighted by atomic mass is 10.1. The number of hydrogen-bond donors (Lipinski definition) is 1. The highest BCUT2D eigenvalue weighted by atomic mass is 32.2. The zero-order chi connectivity index (χ0) is 20.3. The van der Waals surface area contributed by atoms with Gasteiger partial charge >= 0.3 is 0 Å². The Morgan fingerprint density at radius 2 is 1.71 bits per heavy atom. The van der Waals surface area contributed by atoms with Crippen molar-refractivity contribution < 1.29 is 14.0 Å². The Kier molecular flexibility index (Phi) is 5.89. The van der Waals surface area contributed by atoms with Gasteiger partial charge in [-0.3, -0.25) is 9.59 Å². The Balaban J connectivity index is 1.67. The molecule has 1 N–H and O–H groups in total. The second kappa shape index (κ2) is 8.35. The van der Waals surface area contributed by atoms with Gasteiger partial charge in [0.25, 0.3) is 0 Å². The van der Waals surface area contributed by atoms with E-state index in [1.807, 2.05) is 0 Å². The van der Waals surface area contributed by atoms with Crippen LogP contribution in [-0.4, -0.2) is 31.7 Å². The average Bonchev–Trinajstić information content (AvgIpc) is 3.03. The maximum absolute atomic E-state index is 13.1. The van der Waals surface area contributed by atoms with Crippen LogP contribution < -0.4 is 5.32 Å². The molecule has 2 aromatic carbocycles. The van der Waals surface area contributed by atoms with E-state index >= 15 is 0 Å². The number of carbonyl (C=O) groups excluding carboxylic acids is 2. The van der Waals surface area contributed by atoms with E-state index in [4.69, 9.17) is 0 Å². The average molecular weight is 398 g/mol. The third-order valence-electron chi connectivity index (χ3n) is 4.15. The first-order valence-electron chi connectivity index (χ1n) is 8.59. The van der Waals surface area contributed by atoms with Crippen LogP contribution in [0.5, 0.6) is 0 Å². The highest BCUT2D eigenvalue weighted by molar-refractivity contribution is 8.00. The zero-order valence-electron chi connectivity index (χ0n) is 15.6. The van der Waals surface area contributed by atoms with Crippen molar-refractivity contribution in [3.63, 3.8) is 0 Å². The number of ketones is 1. The van der Waals surface area contributed by atoms with Crippen molar-refractivity contribution in [1.29, 1.82) is 0 Å². The summed E-state index contributed by atoms with van der Waals surface area (Å²) in [6.07, 6.45) is 0. The Morgan fingerprint density at radius 3 is 2.32 bits per heavy atom. The minimum Gasteiger partial charge on any atom is -0.325 e. The summed E-state index contributed by atoms with van der Waals surface area (Å²) in [6.45, 7) is 3.27. The molecule has 0 saturated heterocycles. The van der Waals surface area contributed by atoms with Gasteiger partial charge in [0.2, 0.25) is 5.91 Å². The molecule has 0 fully saturated rings. The third kappa shape index (κ3) is 4.45. The molecule has 0 spiro atoms. The minimum absolute atomic E-state index is 0.0268. The van der Waals surface area contributed by atoms with Crippen molar-refractivity contribution in [2.24, 2.45) is 7.05 Å². The predicted molar refractivity (Wildman–Crippen MR) is 107 cm³/mol. The molecule has 0 radical (unpaired) electrons. The normalized spacial score (nSPS) is 11.9. The molecule has 3 rings (SSSR count). The molecular formula is C20H19FN4O2S. The van der Waals surface area contributed by atoms with Crippen LogP contribution in [0.3, 0.4) is 0 Å². The number of anilines is 1. The van der Waals surface area contributed by atoms with E-state index < -0.39 is 5.25 Å². The number of rotatable bonds is 6. The molecule has 1 amide bonds. The van der Waals surface area contributed by atoms with Gasteiger partial charge in [-0.1, -0.05) is 11.8 Å². The number of hydrogen-bond acceptors (Lipinski definition) is 5. The van der Waals surface area contributed by atoms with E-state index in [0.29, 0.717) is 22.2 Å². The topological polar surface area (TPSA) is 76.9 Å². The number of benzene rings is 2. The monoisotopic (exact) mass is 398 g/mol. The Morgan fingerprint density at radius 1 is 1.07 bits per heavy atom. The van der Waals surface area contributed by atoms with E-state index in [2.05, 4.69) is 15.5 Å². The van der Waals surface area contributed by atoms with Crippen molar-refractivity contribution in [3.05, 3.63) is 59.9 Å². The van der Waals surface area contributed by atoms with Crippen LogP contribution in [0.15, 0.2) is 53.7 Å². The highest BCUT2D eigenvalue weighted by Crippen LogP contribution is 2.26. The first-order valence-corrected chi connectivity index (χ1v) is 9.47. The number of thioether (sulfide) groups is 1. The lowest BCUT2D eigenvalue weighted by Gasteiger charge is -2.12. The van der Waals surface area contributed by atoms with Gasteiger partial charge in [-0.15, -0.1) is 10.2 Å². The molecule has 0 bridgehead atoms. The maximum Gasteiger partial charge on any atom is 0.237 e. The second-order valence-corrected chi connectivity index (χ2v) is 7.56. The Bertz CT molecular complexity index is 1000. The van der Waals surface area contributed by atoms with Crippen LogP contribution in [0.25, 0.3) is 11.4 Å². The standard InChI is InChI=1S/C20H19FN4O2S/c1-12(26)14-6-10-17(11-7-14)22-19(27)13(2)28-20-24-23-18(25(20)3)15-4-8-16(21)9-5-15/h4-11,13H,1-3H3,(H,22,27)/t13-/m0/s1. The molecule has 0 unspecified atom stereocenters. The van der Waals surface area contributed by atoms with E-state index in [-0.39, 0.29) is 17.5 Å². The number of aromatic nitrogens is 3. The van der Waals surface area contributed by atoms with Crippen molar-refractivity contribution in [3.8, 4) is 11.4 Å². The molecule has 3 aromatic rings. The summed E-state index contributed by atoms with van der Waals surface area (Å²) >= 11 is 1.27. The van der Waals surface area contributed by atoms with E-state index in [1.165, 1.54) is 30.8 Å². The van der Waals surface area contributed by atoms with Gasteiger partial charge in [-0.2, -0.15) is 0 Å². The Labute approximate surface area is 166 Å². The van der Waals surface area contributed by atoms with Gasteiger partial charge in [0.05, 0.1) is 5.25 Å². The summed E-state index contributed by atoms with van der Waals surface area (Å²) in [7, 11) is 1.80. The van der Waals surface area contributed by atoms with Gasteiger partial charge in [-0.25, -0.2) is 4.39 Å². The number of nitrogens with zero attached hydrogens (tertiary/aromatic N) is 3. The maximum atomic E-state index is 13.1. The van der Waals surface area contributed by atoms with Crippen LogP contribution in [0.4, 0.5) is 10.1 Å².